The molecule has 2 aliphatic rings. The number of carbonyl (C=O) groups excluding carboxylic acids is 1. The van der Waals surface area contributed by atoms with E-state index in [4.69, 9.17) is 14.2 Å². The highest BCUT2D eigenvalue weighted by atomic mass is 16.7. The van der Waals surface area contributed by atoms with Gasteiger partial charge in [0.2, 0.25) is 0 Å². The standard InChI is InChI=1S/C17H23NO4/c1-2-20-14-7-5-13(6-8-14)16(19)18-11-15-12-21-17(22-15)9-3-4-10-17/h5-8,15H,2-4,9-12H2,1H3,(H,18,19)/t15-/m1/s1. The smallest absolute Gasteiger partial charge is 0.251 e. The minimum Gasteiger partial charge on any atom is -0.494 e. The van der Waals surface area contributed by atoms with Gasteiger partial charge in [-0.2, -0.15) is 0 Å². The summed E-state index contributed by atoms with van der Waals surface area (Å²) in [6.45, 7) is 3.59. The van der Waals surface area contributed by atoms with Crippen LogP contribution in [0.15, 0.2) is 24.3 Å². The first-order valence-electron chi connectivity index (χ1n) is 8.04. The van der Waals surface area contributed by atoms with Crippen LogP contribution < -0.4 is 10.1 Å². The average Bonchev–Trinajstić information content (AvgIpc) is 3.16. The summed E-state index contributed by atoms with van der Waals surface area (Å²) in [5.41, 5.74) is 0.623. The summed E-state index contributed by atoms with van der Waals surface area (Å²) >= 11 is 0. The second kappa shape index (κ2) is 6.67. The Hall–Kier alpha value is -1.59. The van der Waals surface area contributed by atoms with E-state index in [0.717, 1.165) is 31.4 Å². The summed E-state index contributed by atoms with van der Waals surface area (Å²) in [7, 11) is 0. The normalized spacial score (nSPS) is 22.9. The highest BCUT2D eigenvalue weighted by Crippen LogP contribution is 2.38. The summed E-state index contributed by atoms with van der Waals surface area (Å²) in [5, 5.41) is 2.91. The zero-order valence-corrected chi connectivity index (χ0v) is 13.0. The second-order valence-corrected chi connectivity index (χ2v) is 5.84. The van der Waals surface area contributed by atoms with Crippen molar-refractivity contribution in [2.24, 2.45) is 0 Å². The van der Waals surface area contributed by atoms with Gasteiger partial charge in [-0.1, -0.05) is 0 Å². The summed E-state index contributed by atoms with van der Waals surface area (Å²) in [6, 6.07) is 7.15. The molecular weight excluding hydrogens is 282 g/mol. The van der Waals surface area contributed by atoms with Crippen LogP contribution in [0.2, 0.25) is 0 Å². The second-order valence-electron chi connectivity index (χ2n) is 5.84. The molecular formula is C17H23NO4. The van der Waals surface area contributed by atoms with Crippen LogP contribution in [0, 0.1) is 0 Å². The van der Waals surface area contributed by atoms with E-state index in [-0.39, 0.29) is 17.8 Å². The molecule has 3 rings (SSSR count). The zero-order chi connectivity index (χ0) is 15.4. The molecule has 1 saturated carbocycles. The highest BCUT2D eigenvalue weighted by molar-refractivity contribution is 5.94. The Balaban J connectivity index is 1.48. The van der Waals surface area contributed by atoms with Crippen molar-refractivity contribution < 1.29 is 19.0 Å². The number of hydrogen-bond acceptors (Lipinski definition) is 4. The Bertz CT molecular complexity index is 508. The van der Waals surface area contributed by atoms with Gasteiger partial charge in [-0.25, -0.2) is 0 Å². The molecule has 0 aromatic heterocycles. The monoisotopic (exact) mass is 305 g/mol. The Kier molecular flexibility index (Phi) is 4.64. The first kappa shape index (κ1) is 15.3. The molecule has 5 nitrogen and oxygen atoms in total. The average molecular weight is 305 g/mol. The molecule has 1 heterocycles. The fraction of sp³-hybridized carbons (Fsp3) is 0.588. The predicted octanol–water partition coefficient (Wildman–Crippen LogP) is 2.50. The van der Waals surface area contributed by atoms with Gasteiger partial charge < -0.3 is 19.5 Å². The molecule has 1 saturated heterocycles. The minimum absolute atomic E-state index is 0.0512. The lowest BCUT2D eigenvalue weighted by atomic mass is 10.2. The van der Waals surface area contributed by atoms with Crippen LogP contribution >= 0.6 is 0 Å². The lowest BCUT2D eigenvalue weighted by Crippen LogP contribution is -2.35. The van der Waals surface area contributed by atoms with Gasteiger partial charge in [0.05, 0.1) is 13.2 Å². The Morgan fingerprint density at radius 1 is 1.32 bits per heavy atom. The molecule has 1 aliphatic heterocycles. The maximum Gasteiger partial charge on any atom is 0.251 e. The molecule has 22 heavy (non-hydrogen) atoms. The molecule has 1 amide bonds. The fourth-order valence-corrected chi connectivity index (χ4v) is 3.07. The van der Waals surface area contributed by atoms with Gasteiger partial charge in [-0.3, -0.25) is 4.79 Å². The zero-order valence-electron chi connectivity index (χ0n) is 13.0. The van der Waals surface area contributed by atoms with Crippen LogP contribution in [-0.2, 0) is 9.47 Å². The van der Waals surface area contributed by atoms with Crippen molar-refractivity contribution in [3.05, 3.63) is 29.8 Å². The summed E-state index contributed by atoms with van der Waals surface area (Å²) in [4.78, 5) is 12.1. The molecule has 1 atom stereocenters. The Morgan fingerprint density at radius 3 is 2.73 bits per heavy atom. The summed E-state index contributed by atoms with van der Waals surface area (Å²) in [6.07, 6.45) is 4.20. The van der Waals surface area contributed by atoms with Gasteiger partial charge in [-0.15, -0.1) is 0 Å². The van der Waals surface area contributed by atoms with Gasteiger partial charge in [0.15, 0.2) is 5.79 Å². The quantitative estimate of drug-likeness (QED) is 0.908. The van der Waals surface area contributed by atoms with Crippen molar-refractivity contribution in [2.45, 2.75) is 44.5 Å². The van der Waals surface area contributed by atoms with Gasteiger partial charge in [0.25, 0.3) is 5.91 Å². The first-order valence-corrected chi connectivity index (χ1v) is 8.04. The highest BCUT2D eigenvalue weighted by Gasteiger charge is 2.43. The van der Waals surface area contributed by atoms with Crippen LogP contribution in [0.4, 0.5) is 0 Å². The summed E-state index contributed by atoms with van der Waals surface area (Å²) in [5.74, 6) is 0.308. The maximum absolute atomic E-state index is 12.1. The molecule has 5 heteroatoms. The minimum atomic E-state index is -0.367. The van der Waals surface area contributed by atoms with E-state index in [9.17, 15) is 4.79 Å². The number of nitrogens with one attached hydrogen (secondary N) is 1. The van der Waals surface area contributed by atoms with Crippen molar-refractivity contribution in [1.82, 2.24) is 5.32 Å². The molecule has 1 aromatic carbocycles. The number of benzene rings is 1. The Morgan fingerprint density at radius 2 is 2.05 bits per heavy atom. The van der Waals surface area contributed by atoms with E-state index in [1.165, 1.54) is 0 Å². The van der Waals surface area contributed by atoms with E-state index < -0.39 is 0 Å². The SMILES string of the molecule is CCOc1ccc(C(=O)NC[C@@H]2COC3(CCCC3)O2)cc1. The summed E-state index contributed by atoms with van der Waals surface area (Å²) < 4.78 is 17.2. The van der Waals surface area contributed by atoms with Gasteiger partial charge in [0.1, 0.15) is 11.9 Å². The molecule has 120 valence electrons. The van der Waals surface area contributed by atoms with Crippen molar-refractivity contribution in [3.63, 3.8) is 0 Å². The topological polar surface area (TPSA) is 56.8 Å². The predicted molar refractivity (Wildman–Crippen MR) is 82.0 cm³/mol. The van der Waals surface area contributed by atoms with E-state index in [0.29, 0.717) is 25.3 Å². The van der Waals surface area contributed by atoms with Crippen molar-refractivity contribution in [1.29, 1.82) is 0 Å². The van der Waals surface area contributed by atoms with Crippen LogP contribution in [-0.4, -0.2) is 37.6 Å². The molecule has 1 aliphatic carbocycles. The largest absolute Gasteiger partial charge is 0.494 e. The third kappa shape index (κ3) is 3.42. The molecule has 1 spiro atoms. The Labute approximate surface area is 130 Å². The van der Waals surface area contributed by atoms with Crippen LogP contribution in [0.3, 0.4) is 0 Å². The number of carbonyl (C=O) groups is 1. The first-order chi connectivity index (χ1) is 10.7. The lowest BCUT2D eigenvalue weighted by molar-refractivity contribution is -0.161. The molecule has 2 fully saturated rings. The van der Waals surface area contributed by atoms with Crippen LogP contribution in [0.1, 0.15) is 43.0 Å². The number of rotatable bonds is 5. The third-order valence-corrected chi connectivity index (χ3v) is 4.20. The molecule has 1 N–H and O–H groups in total. The van der Waals surface area contributed by atoms with Gasteiger partial charge >= 0.3 is 0 Å². The molecule has 1 aromatic rings. The number of ether oxygens (including phenoxy) is 3. The van der Waals surface area contributed by atoms with Gasteiger partial charge in [0, 0.05) is 24.9 Å². The van der Waals surface area contributed by atoms with Crippen molar-refractivity contribution >= 4 is 5.91 Å². The van der Waals surface area contributed by atoms with E-state index in [1.807, 2.05) is 6.92 Å². The third-order valence-electron chi connectivity index (χ3n) is 4.20. The number of amides is 1. The van der Waals surface area contributed by atoms with Crippen molar-refractivity contribution in [3.8, 4) is 5.75 Å². The molecule has 0 bridgehead atoms. The molecule has 0 radical (unpaired) electrons. The van der Waals surface area contributed by atoms with Crippen LogP contribution in [0.5, 0.6) is 5.75 Å². The van der Waals surface area contributed by atoms with Crippen molar-refractivity contribution in [2.75, 3.05) is 19.8 Å². The fourth-order valence-electron chi connectivity index (χ4n) is 3.07. The maximum atomic E-state index is 12.1. The van der Waals surface area contributed by atoms with E-state index in [2.05, 4.69) is 5.32 Å². The van der Waals surface area contributed by atoms with Crippen LogP contribution in [0.25, 0.3) is 0 Å². The van der Waals surface area contributed by atoms with Gasteiger partial charge in [-0.05, 0) is 44.0 Å². The van der Waals surface area contributed by atoms with E-state index >= 15 is 0 Å². The molecule has 0 unspecified atom stereocenters. The number of hydrogen-bond donors (Lipinski definition) is 1. The lowest BCUT2D eigenvalue weighted by Gasteiger charge is -2.21. The van der Waals surface area contributed by atoms with E-state index in [1.54, 1.807) is 24.3 Å².